The molecule has 0 aromatic heterocycles. The molecular formula is C21H25NO10. The first-order valence-electron chi connectivity index (χ1n) is 9.69. The summed E-state index contributed by atoms with van der Waals surface area (Å²) in [5.74, 6) is -2.65. The topological polar surface area (TPSA) is 147 Å². The van der Waals surface area contributed by atoms with Crippen LogP contribution < -0.4 is 0 Å². The molecule has 0 radical (unpaired) electrons. The highest BCUT2D eigenvalue weighted by atomic mass is 16.7. The number of carbonyl (C=O) groups excluding carboxylic acids is 4. The summed E-state index contributed by atoms with van der Waals surface area (Å²) in [6.45, 7) is 4.30. The minimum atomic E-state index is -1.34. The Morgan fingerprint density at radius 2 is 1.47 bits per heavy atom. The number of rotatable bonds is 7. The lowest BCUT2D eigenvalue weighted by Gasteiger charge is -2.42. The zero-order chi connectivity index (χ0) is 23.8. The van der Waals surface area contributed by atoms with Crippen LogP contribution in [0.3, 0.4) is 0 Å². The van der Waals surface area contributed by atoms with Gasteiger partial charge in [-0.15, -0.1) is 0 Å². The molecule has 0 amide bonds. The third-order valence-electron chi connectivity index (χ3n) is 4.24. The molecule has 1 aromatic carbocycles. The molecular weight excluding hydrogens is 426 g/mol. The number of phenols is 1. The van der Waals surface area contributed by atoms with E-state index in [0.717, 1.165) is 20.8 Å². The molecule has 1 heterocycles. The van der Waals surface area contributed by atoms with Crippen LogP contribution in [0, 0.1) is 0 Å². The van der Waals surface area contributed by atoms with E-state index in [9.17, 15) is 24.3 Å². The largest absolute Gasteiger partial charge is 0.508 e. The summed E-state index contributed by atoms with van der Waals surface area (Å²) in [5.41, 5.74) is 0.581. The Hall–Kier alpha value is -3.47. The molecule has 1 N–H and O–H groups in total. The molecule has 0 spiro atoms. The Bertz CT molecular complexity index is 866. The molecule has 1 aliphatic heterocycles. The molecule has 11 nitrogen and oxygen atoms in total. The van der Waals surface area contributed by atoms with Crippen LogP contribution in [0.5, 0.6) is 5.75 Å². The molecule has 0 bridgehead atoms. The average molecular weight is 451 g/mol. The Kier molecular flexibility index (Phi) is 8.71. The second-order valence-electron chi connectivity index (χ2n) is 6.96. The first kappa shape index (κ1) is 24.8. The van der Waals surface area contributed by atoms with Gasteiger partial charge in [0.25, 0.3) is 0 Å². The third kappa shape index (κ3) is 7.34. The second kappa shape index (κ2) is 11.2. The number of hydrogen-bond donors (Lipinski definition) is 1. The van der Waals surface area contributed by atoms with Crippen molar-refractivity contribution in [1.82, 2.24) is 0 Å². The Balaban J connectivity index is 2.45. The molecule has 0 saturated carbocycles. The second-order valence-corrected chi connectivity index (χ2v) is 6.96. The number of phenolic OH excluding ortho intramolecular Hbond substituents is 1. The highest BCUT2D eigenvalue weighted by Gasteiger charge is 2.51. The smallest absolute Gasteiger partial charge is 0.305 e. The predicted octanol–water partition coefficient (Wildman–Crippen LogP) is 0.894. The monoisotopic (exact) mass is 451 g/mol. The SMILES string of the molecule is CC(=O)OCC1O[C@@H](OC(C)=O)C(N=Cc2ccc(O)cc2)C(OC(C)=O)[C@@H]1OC(C)=O. The zero-order valence-corrected chi connectivity index (χ0v) is 18.0. The van der Waals surface area contributed by atoms with Gasteiger partial charge in [-0.05, 0) is 29.8 Å². The maximum atomic E-state index is 11.8. The zero-order valence-electron chi connectivity index (χ0n) is 18.0. The van der Waals surface area contributed by atoms with E-state index in [4.69, 9.17) is 23.7 Å². The maximum Gasteiger partial charge on any atom is 0.305 e. The van der Waals surface area contributed by atoms with Crippen molar-refractivity contribution in [2.45, 2.75) is 58.3 Å². The van der Waals surface area contributed by atoms with E-state index in [-0.39, 0.29) is 12.4 Å². The number of aromatic hydroxyl groups is 1. The molecule has 1 aromatic rings. The quantitative estimate of drug-likeness (QED) is 0.360. The number of hydrogen-bond acceptors (Lipinski definition) is 11. The normalized spacial score (nSPS) is 25.1. The number of benzene rings is 1. The Labute approximate surface area is 184 Å². The van der Waals surface area contributed by atoms with Gasteiger partial charge in [-0.3, -0.25) is 24.2 Å². The van der Waals surface area contributed by atoms with Crippen molar-refractivity contribution in [3.63, 3.8) is 0 Å². The predicted molar refractivity (Wildman–Crippen MR) is 108 cm³/mol. The fourth-order valence-electron chi connectivity index (χ4n) is 3.04. The number of nitrogens with zero attached hydrogens (tertiary/aromatic N) is 1. The van der Waals surface area contributed by atoms with Gasteiger partial charge in [-0.1, -0.05) is 0 Å². The molecule has 1 saturated heterocycles. The number of ether oxygens (including phenoxy) is 5. The number of esters is 4. The van der Waals surface area contributed by atoms with Crippen molar-refractivity contribution < 1.29 is 48.0 Å². The van der Waals surface area contributed by atoms with Gasteiger partial charge in [0.15, 0.2) is 18.2 Å². The van der Waals surface area contributed by atoms with Crippen molar-refractivity contribution in [2.24, 2.45) is 4.99 Å². The van der Waals surface area contributed by atoms with Gasteiger partial charge in [0.05, 0.1) is 0 Å². The van der Waals surface area contributed by atoms with Crippen molar-refractivity contribution in [3.8, 4) is 5.75 Å². The summed E-state index contributed by atoms with van der Waals surface area (Å²) >= 11 is 0. The number of aliphatic imine (C=N–C) groups is 1. The Morgan fingerprint density at radius 1 is 0.906 bits per heavy atom. The maximum absolute atomic E-state index is 11.8. The van der Waals surface area contributed by atoms with E-state index < -0.39 is 54.5 Å². The molecule has 1 aliphatic rings. The van der Waals surface area contributed by atoms with Gasteiger partial charge in [-0.2, -0.15) is 0 Å². The summed E-state index contributed by atoms with van der Waals surface area (Å²) in [7, 11) is 0. The van der Waals surface area contributed by atoms with E-state index in [2.05, 4.69) is 4.99 Å². The molecule has 0 aliphatic carbocycles. The van der Waals surface area contributed by atoms with Crippen LogP contribution in [-0.4, -0.2) is 72.4 Å². The summed E-state index contributed by atoms with van der Waals surface area (Å²) in [5, 5.41) is 9.43. The van der Waals surface area contributed by atoms with Gasteiger partial charge < -0.3 is 28.8 Å². The standard InChI is InChI=1S/C21H25NO10/c1-11(23)28-10-17-19(29-12(2)24)20(30-13(3)25)18(21(32-17)31-14(4)26)22-9-15-5-7-16(27)8-6-15/h5-9,17-21,27H,10H2,1-4H3/t17?,18?,19-,20?,21-/m1/s1. The van der Waals surface area contributed by atoms with Gasteiger partial charge in [0, 0.05) is 33.9 Å². The number of carbonyl (C=O) groups is 4. The van der Waals surface area contributed by atoms with Gasteiger partial charge in [0.2, 0.25) is 6.29 Å². The lowest BCUT2D eigenvalue weighted by Crippen LogP contribution is -2.61. The van der Waals surface area contributed by atoms with Crippen LogP contribution in [0.1, 0.15) is 33.3 Å². The van der Waals surface area contributed by atoms with Crippen LogP contribution in [0.2, 0.25) is 0 Å². The van der Waals surface area contributed by atoms with Crippen LogP contribution in [0.25, 0.3) is 0 Å². The fourth-order valence-corrected chi connectivity index (χ4v) is 3.04. The Morgan fingerprint density at radius 3 is 2.00 bits per heavy atom. The van der Waals surface area contributed by atoms with Crippen molar-refractivity contribution in [3.05, 3.63) is 29.8 Å². The average Bonchev–Trinajstić information content (AvgIpc) is 2.68. The summed E-state index contributed by atoms with van der Waals surface area (Å²) in [6, 6.07) is 4.94. The van der Waals surface area contributed by atoms with Gasteiger partial charge in [-0.25, -0.2) is 0 Å². The summed E-state index contributed by atoms with van der Waals surface area (Å²) < 4.78 is 26.7. The van der Waals surface area contributed by atoms with E-state index in [1.165, 1.54) is 25.3 Å². The molecule has 3 unspecified atom stereocenters. The first-order valence-corrected chi connectivity index (χ1v) is 9.69. The molecule has 32 heavy (non-hydrogen) atoms. The lowest BCUT2D eigenvalue weighted by atomic mass is 9.96. The van der Waals surface area contributed by atoms with Crippen LogP contribution in [0.15, 0.2) is 29.3 Å². The van der Waals surface area contributed by atoms with Gasteiger partial charge >= 0.3 is 23.9 Å². The van der Waals surface area contributed by atoms with Crippen LogP contribution in [0.4, 0.5) is 0 Å². The molecule has 1 fully saturated rings. The molecule has 5 atom stereocenters. The van der Waals surface area contributed by atoms with Crippen LogP contribution in [-0.2, 0) is 42.9 Å². The van der Waals surface area contributed by atoms with Crippen molar-refractivity contribution >= 4 is 30.1 Å². The molecule has 174 valence electrons. The third-order valence-corrected chi connectivity index (χ3v) is 4.24. The van der Waals surface area contributed by atoms with E-state index in [1.54, 1.807) is 12.1 Å². The van der Waals surface area contributed by atoms with E-state index in [1.807, 2.05) is 0 Å². The van der Waals surface area contributed by atoms with Crippen molar-refractivity contribution in [2.75, 3.05) is 6.61 Å². The van der Waals surface area contributed by atoms with Crippen LogP contribution >= 0.6 is 0 Å². The highest BCUT2D eigenvalue weighted by Crippen LogP contribution is 2.30. The minimum absolute atomic E-state index is 0.0574. The van der Waals surface area contributed by atoms with Gasteiger partial charge in [0.1, 0.15) is 18.5 Å². The highest BCUT2D eigenvalue weighted by molar-refractivity contribution is 5.80. The lowest BCUT2D eigenvalue weighted by molar-refractivity contribution is -0.266. The fraction of sp³-hybridized carbons (Fsp3) is 0.476. The van der Waals surface area contributed by atoms with E-state index in [0.29, 0.717) is 5.56 Å². The molecule has 11 heteroatoms. The minimum Gasteiger partial charge on any atom is -0.508 e. The summed E-state index contributed by atoms with van der Waals surface area (Å²) in [6.07, 6.45) is -3.46. The van der Waals surface area contributed by atoms with Crippen molar-refractivity contribution in [1.29, 1.82) is 0 Å². The first-order chi connectivity index (χ1) is 15.1. The van der Waals surface area contributed by atoms with E-state index >= 15 is 0 Å². The summed E-state index contributed by atoms with van der Waals surface area (Å²) in [4.78, 5) is 50.9. The molecule has 2 rings (SSSR count).